The van der Waals surface area contributed by atoms with Gasteiger partial charge in [-0.1, -0.05) is 0 Å². The highest BCUT2D eigenvalue weighted by Gasteiger charge is 2.23. The van der Waals surface area contributed by atoms with Gasteiger partial charge in [0.15, 0.2) is 0 Å². The van der Waals surface area contributed by atoms with Gasteiger partial charge in [0.25, 0.3) is 0 Å². The minimum absolute atomic E-state index is 0.194. The SMILES string of the molecule is CN1C[C@@H](N)[C@H](N)C1. The summed E-state index contributed by atoms with van der Waals surface area (Å²) in [6.45, 7) is 1.89. The summed E-state index contributed by atoms with van der Waals surface area (Å²) in [6, 6.07) is 0.389. The van der Waals surface area contributed by atoms with Crippen LogP contribution < -0.4 is 11.5 Å². The van der Waals surface area contributed by atoms with Crippen LogP contribution in [0.15, 0.2) is 0 Å². The fraction of sp³-hybridized carbons (Fsp3) is 1.00. The van der Waals surface area contributed by atoms with Crippen molar-refractivity contribution in [2.75, 3.05) is 20.1 Å². The Hall–Kier alpha value is -0.120. The maximum absolute atomic E-state index is 5.60. The number of hydrogen-bond donors (Lipinski definition) is 2. The minimum Gasteiger partial charge on any atom is -0.325 e. The lowest BCUT2D eigenvalue weighted by atomic mass is 10.2. The molecule has 3 heteroatoms. The Bertz CT molecular complexity index is 73.7. The highest BCUT2D eigenvalue weighted by Crippen LogP contribution is 2.01. The van der Waals surface area contributed by atoms with E-state index in [0.717, 1.165) is 13.1 Å². The molecule has 0 aromatic heterocycles. The molecule has 0 unspecified atom stereocenters. The highest BCUT2D eigenvalue weighted by molar-refractivity contribution is 4.87. The number of rotatable bonds is 0. The molecule has 1 saturated heterocycles. The maximum atomic E-state index is 5.60. The van der Waals surface area contributed by atoms with Crippen molar-refractivity contribution in [1.29, 1.82) is 0 Å². The Labute approximate surface area is 49.6 Å². The summed E-state index contributed by atoms with van der Waals surface area (Å²) in [7, 11) is 2.03. The van der Waals surface area contributed by atoms with Crippen LogP contribution in [0.5, 0.6) is 0 Å². The summed E-state index contributed by atoms with van der Waals surface area (Å²) in [5, 5.41) is 0. The first-order valence-electron chi connectivity index (χ1n) is 2.90. The van der Waals surface area contributed by atoms with Gasteiger partial charge in [-0.15, -0.1) is 0 Å². The lowest BCUT2D eigenvalue weighted by Gasteiger charge is -2.04. The molecule has 1 aliphatic rings. The van der Waals surface area contributed by atoms with Crippen molar-refractivity contribution in [3.05, 3.63) is 0 Å². The molecule has 8 heavy (non-hydrogen) atoms. The Morgan fingerprint density at radius 2 is 1.62 bits per heavy atom. The van der Waals surface area contributed by atoms with Crippen molar-refractivity contribution in [2.24, 2.45) is 11.5 Å². The van der Waals surface area contributed by atoms with Crippen molar-refractivity contribution < 1.29 is 0 Å². The number of hydrogen-bond acceptors (Lipinski definition) is 3. The number of likely N-dealkylation sites (tertiary alicyclic amines) is 1. The van der Waals surface area contributed by atoms with E-state index in [9.17, 15) is 0 Å². The third-order valence-electron chi connectivity index (χ3n) is 1.59. The van der Waals surface area contributed by atoms with E-state index in [1.807, 2.05) is 7.05 Å². The molecular weight excluding hydrogens is 102 g/mol. The summed E-state index contributed by atoms with van der Waals surface area (Å²) in [5.41, 5.74) is 11.2. The van der Waals surface area contributed by atoms with Gasteiger partial charge in [0.05, 0.1) is 0 Å². The molecule has 0 saturated carbocycles. The van der Waals surface area contributed by atoms with Gasteiger partial charge < -0.3 is 16.4 Å². The first kappa shape index (κ1) is 6.01. The summed E-state index contributed by atoms with van der Waals surface area (Å²) in [4.78, 5) is 2.15. The molecule has 4 N–H and O–H groups in total. The van der Waals surface area contributed by atoms with Gasteiger partial charge in [0.2, 0.25) is 0 Å². The van der Waals surface area contributed by atoms with Gasteiger partial charge in [-0.3, -0.25) is 0 Å². The fourth-order valence-electron chi connectivity index (χ4n) is 1.07. The average molecular weight is 115 g/mol. The molecule has 0 aromatic carbocycles. The molecule has 1 heterocycles. The number of nitrogens with two attached hydrogens (primary N) is 2. The van der Waals surface area contributed by atoms with Crippen molar-refractivity contribution in [3.8, 4) is 0 Å². The molecule has 0 aliphatic carbocycles. The van der Waals surface area contributed by atoms with E-state index < -0.39 is 0 Å². The molecular formula is C5H13N3. The van der Waals surface area contributed by atoms with Crippen LogP contribution in [-0.4, -0.2) is 37.1 Å². The molecule has 48 valence electrons. The van der Waals surface area contributed by atoms with Gasteiger partial charge in [-0.25, -0.2) is 0 Å². The summed E-state index contributed by atoms with van der Waals surface area (Å²) in [5.74, 6) is 0. The van der Waals surface area contributed by atoms with Crippen LogP contribution >= 0.6 is 0 Å². The normalized spacial score (nSPS) is 40.9. The number of likely N-dealkylation sites (N-methyl/N-ethyl adjacent to an activating group) is 1. The van der Waals surface area contributed by atoms with Crippen molar-refractivity contribution in [1.82, 2.24) is 4.90 Å². The van der Waals surface area contributed by atoms with Crippen LogP contribution in [0.4, 0.5) is 0 Å². The Morgan fingerprint density at radius 1 is 1.25 bits per heavy atom. The second-order valence-corrected chi connectivity index (χ2v) is 2.55. The number of nitrogens with zero attached hydrogens (tertiary/aromatic N) is 1. The van der Waals surface area contributed by atoms with Crippen molar-refractivity contribution >= 4 is 0 Å². The fourth-order valence-corrected chi connectivity index (χ4v) is 1.07. The molecule has 0 aromatic rings. The zero-order valence-electron chi connectivity index (χ0n) is 5.17. The molecule has 0 radical (unpaired) electrons. The smallest absolute Gasteiger partial charge is 0.0334 e. The van der Waals surface area contributed by atoms with Crippen LogP contribution in [-0.2, 0) is 0 Å². The minimum atomic E-state index is 0.194. The first-order chi connectivity index (χ1) is 3.70. The Balaban J connectivity index is 2.39. The molecule has 0 amide bonds. The quantitative estimate of drug-likeness (QED) is 0.407. The van der Waals surface area contributed by atoms with Gasteiger partial charge in [0.1, 0.15) is 0 Å². The predicted molar refractivity (Wildman–Crippen MR) is 33.4 cm³/mol. The zero-order chi connectivity index (χ0) is 6.15. The molecule has 0 bridgehead atoms. The molecule has 0 spiro atoms. The van der Waals surface area contributed by atoms with E-state index >= 15 is 0 Å². The van der Waals surface area contributed by atoms with Crippen LogP contribution in [0.1, 0.15) is 0 Å². The second kappa shape index (κ2) is 2.01. The monoisotopic (exact) mass is 115 g/mol. The highest BCUT2D eigenvalue weighted by atomic mass is 15.2. The summed E-state index contributed by atoms with van der Waals surface area (Å²) < 4.78 is 0. The lowest BCUT2D eigenvalue weighted by molar-refractivity contribution is 0.407. The van der Waals surface area contributed by atoms with E-state index in [1.54, 1.807) is 0 Å². The van der Waals surface area contributed by atoms with Gasteiger partial charge in [0, 0.05) is 25.2 Å². The van der Waals surface area contributed by atoms with Gasteiger partial charge >= 0.3 is 0 Å². The van der Waals surface area contributed by atoms with E-state index in [1.165, 1.54) is 0 Å². The third-order valence-corrected chi connectivity index (χ3v) is 1.59. The Kier molecular flexibility index (Phi) is 1.51. The molecule has 1 rings (SSSR count). The van der Waals surface area contributed by atoms with Crippen LogP contribution in [0.3, 0.4) is 0 Å². The Morgan fingerprint density at radius 3 is 1.75 bits per heavy atom. The van der Waals surface area contributed by atoms with Crippen LogP contribution in [0.25, 0.3) is 0 Å². The van der Waals surface area contributed by atoms with Crippen molar-refractivity contribution in [2.45, 2.75) is 12.1 Å². The molecule has 1 aliphatic heterocycles. The maximum Gasteiger partial charge on any atom is 0.0334 e. The zero-order valence-corrected chi connectivity index (χ0v) is 5.17. The van der Waals surface area contributed by atoms with E-state index in [4.69, 9.17) is 11.5 Å². The largest absolute Gasteiger partial charge is 0.325 e. The first-order valence-corrected chi connectivity index (χ1v) is 2.90. The van der Waals surface area contributed by atoms with E-state index in [-0.39, 0.29) is 12.1 Å². The predicted octanol–water partition coefficient (Wildman–Crippen LogP) is -1.41. The summed E-state index contributed by atoms with van der Waals surface area (Å²) in [6.07, 6.45) is 0. The second-order valence-electron chi connectivity index (χ2n) is 2.55. The van der Waals surface area contributed by atoms with Crippen molar-refractivity contribution in [3.63, 3.8) is 0 Å². The average Bonchev–Trinajstić information content (AvgIpc) is 1.85. The summed E-state index contributed by atoms with van der Waals surface area (Å²) >= 11 is 0. The van der Waals surface area contributed by atoms with Crippen LogP contribution in [0, 0.1) is 0 Å². The lowest BCUT2D eigenvalue weighted by Crippen LogP contribution is -2.39. The van der Waals surface area contributed by atoms with Gasteiger partial charge in [-0.2, -0.15) is 0 Å². The van der Waals surface area contributed by atoms with E-state index in [2.05, 4.69) is 4.90 Å². The topological polar surface area (TPSA) is 55.3 Å². The van der Waals surface area contributed by atoms with Gasteiger partial charge in [-0.05, 0) is 7.05 Å². The molecule has 1 fully saturated rings. The van der Waals surface area contributed by atoms with E-state index in [0.29, 0.717) is 0 Å². The molecule has 3 nitrogen and oxygen atoms in total. The molecule has 2 atom stereocenters. The standard InChI is InChI=1S/C5H13N3/c1-8-2-4(6)5(7)3-8/h4-5H,2-3,6-7H2,1H3/t4-,5-/m1/s1. The van der Waals surface area contributed by atoms with Crippen LogP contribution in [0.2, 0.25) is 0 Å². The third kappa shape index (κ3) is 0.992.